The number of carbonyl (C=O) groups is 1. The summed E-state index contributed by atoms with van der Waals surface area (Å²) in [5.74, 6) is 2.09. The summed E-state index contributed by atoms with van der Waals surface area (Å²) in [5.41, 5.74) is 0. The minimum Gasteiger partial charge on any atom is -0.368 e. The van der Waals surface area contributed by atoms with Gasteiger partial charge in [-0.1, -0.05) is 0 Å². The van der Waals surface area contributed by atoms with Crippen molar-refractivity contribution in [3.8, 4) is 0 Å². The molecule has 118 valence electrons. The summed E-state index contributed by atoms with van der Waals surface area (Å²) >= 11 is 0. The molecule has 4 rings (SSSR count). The van der Waals surface area contributed by atoms with Gasteiger partial charge in [-0.25, -0.2) is 9.97 Å². The lowest BCUT2D eigenvalue weighted by atomic mass is 10.0. The molecule has 3 aliphatic heterocycles. The fraction of sp³-hybridized carbons (Fsp3) is 0.688. The number of ether oxygens (including phenoxy) is 1. The molecule has 3 aliphatic rings. The molecule has 0 bridgehead atoms. The highest BCUT2D eigenvalue weighted by Crippen LogP contribution is 2.33. The standard InChI is InChI=1S/C16H22N4O2/c21-15(14-4-1-2-7-22-14)19-8-12-10-20(11-13(12)9-19)16-17-5-3-6-18-16/h3,5-6,12-14H,1-2,4,7-11H2. The highest BCUT2D eigenvalue weighted by atomic mass is 16.5. The average molecular weight is 302 g/mol. The summed E-state index contributed by atoms with van der Waals surface area (Å²) < 4.78 is 5.64. The van der Waals surface area contributed by atoms with Crippen LogP contribution in [0, 0.1) is 11.8 Å². The summed E-state index contributed by atoms with van der Waals surface area (Å²) in [5, 5.41) is 0. The molecule has 22 heavy (non-hydrogen) atoms. The summed E-state index contributed by atoms with van der Waals surface area (Å²) in [4.78, 5) is 25.5. The molecule has 1 amide bonds. The van der Waals surface area contributed by atoms with E-state index < -0.39 is 0 Å². The summed E-state index contributed by atoms with van der Waals surface area (Å²) in [7, 11) is 0. The van der Waals surface area contributed by atoms with Crippen LogP contribution in [-0.4, -0.2) is 59.7 Å². The lowest BCUT2D eigenvalue weighted by molar-refractivity contribution is -0.145. The third kappa shape index (κ3) is 2.56. The van der Waals surface area contributed by atoms with E-state index in [0.717, 1.165) is 58.0 Å². The minimum atomic E-state index is -0.193. The zero-order valence-electron chi connectivity index (χ0n) is 12.7. The van der Waals surface area contributed by atoms with Crippen molar-refractivity contribution < 1.29 is 9.53 Å². The fourth-order valence-corrected chi connectivity index (χ4v) is 3.93. The molecule has 4 heterocycles. The Labute approximate surface area is 130 Å². The average Bonchev–Trinajstić information content (AvgIpc) is 3.15. The van der Waals surface area contributed by atoms with Gasteiger partial charge in [-0.05, 0) is 25.3 Å². The first-order valence-corrected chi connectivity index (χ1v) is 8.23. The van der Waals surface area contributed by atoms with Gasteiger partial charge in [-0.2, -0.15) is 0 Å². The Morgan fingerprint density at radius 3 is 2.45 bits per heavy atom. The number of carbonyl (C=O) groups excluding carboxylic acids is 1. The quantitative estimate of drug-likeness (QED) is 0.814. The third-order valence-electron chi connectivity index (χ3n) is 5.09. The largest absolute Gasteiger partial charge is 0.368 e. The second-order valence-corrected chi connectivity index (χ2v) is 6.57. The molecule has 0 aromatic carbocycles. The van der Waals surface area contributed by atoms with Crippen molar-refractivity contribution in [2.75, 3.05) is 37.7 Å². The topological polar surface area (TPSA) is 58.6 Å². The van der Waals surface area contributed by atoms with Crippen LogP contribution in [0.4, 0.5) is 5.95 Å². The highest BCUT2D eigenvalue weighted by molar-refractivity contribution is 5.81. The normalized spacial score (nSPS) is 31.4. The summed E-state index contributed by atoms with van der Waals surface area (Å²) in [6.07, 6.45) is 6.45. The predicted molar refractivity (Wildman–Crippen MR) is 81.4 cm³/mol. The Morgan fingerprint density at radius 2 is 1.82 bits per heavy atom. The molecule has 1 aromatic heterocycles. The van der Waals surface area contributed by atoms with E-state index in [2.05, 4.69) is 14.9 Å². The fourth-order valence-electron chi connectivity index (χ4n) is 3.93. The molecule has 0 spiro atoms. The number of hydrogen-bond donors (Lipinski definition) is 0. The number of anilines is 1. The van der Waals surface area contributed by atoms with Crippen molar-refractivity contribution in [1.29, 1.82) is 0 Å². The molecule has 3 saturated heterocycles. The zero-order valence-corrected chi connectivity index (χ0v) is 12.7. The first kappa shape index (κ1) is 13.9. The van der Waals surface area contributed by atoms with Gasteiger partial charge < -0.3 is 14.5 Å². The van der Waals surface area contributed by atoms with Gasteiger partial charge in [0.15, 0.2) is 0 Å². The molecule has 0 N–H and O–H groups in total. The van der Waals surface area contributed by atoms with Crippen LogP contribution in [-0.2, 0) is 9.53 Å². The van der Waals surface area contributed by atoms with Crippen LogP contribution < -0.4 is 4.90 Å². The molecule has 3 unspecified atom stereocenters. The van der Waals surface area contributed by atoms with E-state index in [4.69, 9.17) is 4.74 Å². The van der Waals surface area contributed by atoms with Crippen molar-refractivity contribution in [2.45, 2.75) is 25.4 Å². The number of fused-ring (bicyclic) bond motifs is 1. The van der Waals surface area contributed by atoms with Crippen LogP contribution in [0.15, 0.2) is 18.5 Å². The van der Waals surface area contributed by atoms with Crippen molar-refractivity contribution >= 4 is 11.9 Å². The maximum absolute atomic E-state index is 12.5. The highest BCUT2D eigenvalue weighted by Gasteiger charge is 2.43. The Morgan fingerprint density at radius 1 is 1.09 bits per heavy atom. The smallest absolute Gasteiger partial charge is 0.251 e. The Hall–Kier alpha value is -1.69. The number of rotatable bonds is 2. The van der Waals surface area contributed by atoms with Gasteiger partial charge in [0.25, 0.3) is 5.91 Å². The molecular formula is C16H22N4O2. The van der Waals surface area contributed by atoms with E-state index in [9.17, 15) is 4.79 Å². The van der Waals surface area contributed by atoms with E-state index in [1.807, 2.05) is 11.0 Å². The molecule has 1 aromatic rings. The van der Waals surface area contributed by atoms with Gasteiger partial charge >= 0.3 is 0 Å². The number of nitrogens with zero attached hydrogens (tertiary/aromatic N) is 4. The van der Waals surface area contributed by atoms with Crippen LogP contribution in [0.2, 0.25) is 0 Å². The Kier molecular flexibility index (Phi) is 3.70. The van der Waals surface area contributed by atoms with E-state index >= 15 is 0 Å². The van der Waals surface area contributed by atoms with Crippen LogP contribution in [0.25, 0.3) is 0 Å². The lowest BCUT2D eigenvalue weighted by Gasteiger charge is -2.28. The molecule has 0 aliphatic carbocycles. The lowest BCUT2D eigenvalue weighted by Crippen LogP contribution is -2.42. The first-order chi connectivity index (χ1) is 10.8. The van der Waals surface area contributed by atoms with E-state index in [-0.39, 0.29) is 12.0 Å². The van der Waals surface area contributed by atoms with E-state index in [1.165, 1.54) is 0 Å². The monoisotopic (exact) mass is 302 g/mol. The molecular weight excluding hydrogens is 280 g/mol. The van der Waals surface area contributed by atoms with Crippen molar-refractivity contribution in [1.82, 2.24) is 14.9 Å². The van der Waals surface area contributed by atoms with Gasteiger partial charge in [0.05, 0.1) is 0 Å². The Balaban J connectivity index is 1.36. The second-order valence-electron chi connectivity index (χ2n) is 6.57. The first-order valence-electron chi connectivity index (χ1n) is 8.23. The predicted octanol–water partition coefficient (Wildman–Crippen LogP) is 0.940. The molecule has 3 fully saturated rings. The zero-order chi connectivity index (χ0) is 14.9. The van der Waals surface area contributed by atoms with Crippen molar-refractivity contribution in [2.24, 2.45) is 11.8 Å². The van der Waals surface area contributed by atoms with Gasteiger partial charge in [0.2, 0.25) is 5.95 Å². The Bertz CT molecular complexity index is 518. The minimum absolute atomic E-state index is 0.193. The number of hydrogen-bond acceptors (Lipinski definition) is 5. The van der Waals surface area contributed by atoms with E-state index in [0.29, 0.717) is 11.8 Å². The maximum atomic E-state index is 12.5. The molecule has 6 heteroatoms. The SMILES string of the molecule is O=C(C1CCCCO1)N1CC2CN(c3ncccn3)CC2C1. The van der Waals surface area contributed by atoms with Crippen molar-refractivity contribution in [3.05, 3.63) is 18.5 Å². The van der Waals surface area contributed by atoms with Crippen LogP contribution in [0.5, 0.6) is 0 Å². The molecule has 0 radical (unpaired) electrons. The molecule has 3 atom stereocenters. The number of likely N-dealkylation sites (tertiary alicyclic amines) is 1. The molecule has 6 nitrogen and oxygen atoms in total. The second kappa shape index (κ2) is 5.83. The number of aromatic nitrogens is 2. The maximum Gasteiger partial charge on any atom is 0.251 e. The van der Waals surface area contributed by atoms with Gasteiger partial charge in [-0.15, -0.1) is 0 Å². The third-order valence-corrected chi connectivity index (χ3v) is 5.09. The van der Waals surface area contributed by atoms with Crippen molar-refractivity contribution in [3.63, 3.8) is 0 Å². The van der Waals surface area contributed by atoms with Gasteiger partial charge in [0.1, 0.15) is 6.10 Å². The number of amides is 1. The summed E-state index contributed by atoms with van der Waals surface area (Å²) in [6.45, 7) is 4.34. The summed E-state index contributed by atoms with van der Waals surface area (Å²) in [6, 6.07) is 1.84. The van der Waals surface area contributed by atoms with Crippen LogP contribution in [0.3, 0.4) is 0 Å². The van der Waals surface area contributed by atoms with Gasteiger partial charge in [0, 0.05) is 57.0 Å². The van der Waals surface area contributed by atoms with E-state index in [1.54, 1.807) is 12.4 Å². The van der Waals surface area contributed by atoms with Crippen LogP contribution in [0.1, 0.15) is 19.3 Å². The van der Waals surface area contributed by atoms with Crippen LogP contribution >= 0.6 is 0 Å². The van der Waals surface area contributed by atoms with Gasteiger partial charge in [-0.3, -0.25) is 4.79 Å². The molecule has 0 saturated carbocycles.